The minimum Gasteiger partial charge on any atom is -0.0651 e. The Morgan fingerprint density at radius 3 is 2.38 bits per heavy atom. The van der Waals surface area contributed by atoms with Gasteiger partial charge in [0.1, 0.15) is 0 Å². The molecule has 0 heterocycles. The second-order valence-electron chi connectivity index (χ2n) is 3.19. The van der Waals surface area contributed by atoms with E-state index in [0.29, 0.717) is 0 Å². The van der Waals surface area contributed by atoms with Gasteiger partial charge in [-0.3, -0.25) is 0 Å². The first-order valence-electron chi connectivity index (χ1n) is 3.83. The highest BCUT2D eigenvalue weighted by Gasteiger charge is 2.18. The van der Waals surface area contributed by atoms with Crippen molar-refractivity contribution in [1.29, 1.82) is 0 Å². The van der Waals surface area contributed by atoms with Crippen LogP contribution in [0.3, 0.4) is 0 Å². The third-order valence-electron chi connectivity index (χ3n) is 2.38. The number of hydrogen-bond donors (Lipinski definition) is 0. The van der Waals surface area contributed by atoms with Crippen LogP contribution in [0.25, 0.3) is 0 Å². The molecule has 0 N–H and O–H groups in total. The van der Waals surface area contributed by atoms with Crippen molar-refractivity contribution < 1.29 is 0 Å². The van der Waals surface area contributed by atoms with Gasteiger partial charge in [-0.1, -0.05) is 33.1 Å². The van der Waals surface area contributed by atoms with E-state index in [9.17, 15) is 0 Å². The van der Waals surface area contributed by atoms with Gasteiger partial charge in [0.15, 0.2) is 0 Å². The summed E-state index contributed by atoms with van der Waals surface area (Å²) in [6, 6.07) is 0. The largest absolute Gasteiger partial charge is 0.0651 e. The number of hydrogen-bond acceptors (Lipinski definition) is 0. The van der Waals surface area contributed by atoms with E-state index in [4.69, 9.17) is 0 Å². The Labute approximate surface area is 52.3 Å². The molecule has 0 aromatic rings. The molecule has 8 heavy (non-hydrogen) atoms. The van der Waals surface area contributed by atoms with Crippen LogP contribution in [0.1, 0.15) is 39.5 Å². The maximum absolute atomic E-state index is 2.37. The Morgan fingerprint density at radius 1 is 1.38 bits per heavy atom. The molecule has 0 bridgehead atoms. The lowest BCUT2D eigenvalue weighted by Crippen LogP contribution is -1.89. The zero-order valence-electron chi connectivity index (χ0n) is 5.98. The van der Waals surface area contributed by atoms with Crippen molar-refractivity contribution in [2.24, 2.45) is 11.8 Å². The van der Waals surface area contributed by atoms with Crippen molar-refractivity contribution in [3.05, 3.63) is 0 Å². The highest BCUT2D eigenvalue weighted by atomic mass is 14.2. The van der Waals surface area contributed by atoms with E-state index in [1.807, 2.05) is 0 Å². The molecule has 0 aliphatic heterocycles. The predicted octanol–water partition coefficient (Wildman–Crippen LogP) is 2.83. The number of rotatable bonds is 1. The molecule has 0 heteroatoms. The first-order chi connectivity index (χ1) is 3.83. The van der Waals surface area contributed by atoms with Gasteiger partial charge in [0.2, 0.25) is 0 Å². The highest BCUT2D eigenvalue weighted by Crippen LogP contribution is 2.31. The zero-order valence-corrected chi connectivity index (χ0v) is 5.98. The van der Waals surface area contributed by atoms with Gasteiger partial charge in [-0.05, 0) is 18.3 Å². The van der Waals surface area contributed by atoms with Crippen LogP contribution >= 0.6 is 0 Å². The summed E-state index contributed by atoms with van der Waals surface area (Å²) in [5.74, 6) is 2.10. The fourth-order valence-electron chi connectivity index (χ4n) is 1.70. The molecule has 0 aromatic carbocycles. The molecule has 1 saturated carbocycles. The normalized spacial score (nSPS) is 38.2. The van der Waals surface area contributed by atoms with Gasteiger partial charge in [-0.2, -0.15) is 0 Å². The maximum atomic E-state index is 2.37. The summed E-state index contributed by atoms with van der Waals surface area (Å²) in [4.78, 5) is 0. The van der Waals surface area contributed by atoms with Gasteiger partial charge in [0.05, 0.1) is 0 Å². The maximum Gasteiger partial charge on any atom is -0.0414 e. The van der Waals surface area contributed by atoms with Crippen molar-refractivity contribution in [2.75, 3.05) is 0 Å². The van der Waals surface area contributed by atoms with Crippen molar-refractivity contribution in [3.8, 4) is 0 Å². The van der Waals surface area contributed by atoms with E-state index < -0.39 is 0 Å². The summed E-state index contributed by atoms with van der Waals surface area (Å²) < 4.78 is 0. The predicted molar refractivity (Wildman–Crippen MR) is 36.8 cm³/mol. The summed E-state index contributed by atoms with van der Waals surface area (Å²) in [5, 5.41) is 0. The second kappa shape index (κ2) is 2.52. The molecule has 1 rings (SSSR count). The molecular formula is C8H16. The van der Waals surface area contributed by atoms with Crippen molar-refractivity contribution in [3.63, 3.8) is 0 Å². The molecule has 0 nitrogen and oxygen atoms in total. The van der Waals surface area contributed by atoms with Crippen LogP contribution in [0.5, 0.6) is 0 Å². The fraction of sp³-hybridized carbons (Fsp3) is 1.00. The average molecular weight is 112 g/mol. The van der Waals surface area contributed by atoms with E-state index >= 15 is 0 Å². The lowest BCUT2D eigenvalue weighted by molar-refractivity contribution is 0.501. The van der Waals surface area contributed by atoms with Crippen LogP contribution in [-0.4, -0.2) is 0 Å². The quantitative estimate of drug-likeness (QED) is 0.489. The van der Waals surface area contributed by atoms with Gasteiger partial charge >= 0.3 is 0 Å². The van der Waals surface area contributed by atoms with Crippen LogP contribution in [0.15, 0.2) is 0 Å². The van der Waals surface area contributed by atoms with Crippen LogP contribution in [0, 0.1) is 11.8 Å². The van der Waals surface area contributed by atoms with E-state index in [2.05, 4.69) is 13.8 Å². The summed E-state index contributed by atoms with van der Waals surface area (Å²) in [7, 11) is 0. The first kappa shape index (κ1) is 6.12. The van der Waals surface area contributed by atoms with Crippen LogP contribution in [0.4, 0.5) is 0 Å². The smallest absolute Gasteiger partial charge is 0.0414 e. The van der Waals surface area contributed by atoms with Crippen LogP contribution in [0.2, 0.25) is 0 Å². The van der Waals surface area contributed by atoms with Gasteiger partial charge in [0, 0.05) is 0 Å². The molecular weight excluding hydrogens is 96.1 g/mol. The molecule has 1 aliphatic rings. The first-order valence-corrected chi connectivity index (χ1v) is 3.83. The summed E-state index contributed by atoms with van der Waals surface area (Å²) >= 11 is 0. The van der Waals surface area contributed by atoms with Crippen LogP contribution in [-0.2, 0) is 0 Å². The molecule has 1 unspecified atom stereocenters. The lowest BCUT2D eigenvalue weighted by Gasteiger charge is -2.02. The Hall–Kier alpha value is 0. The summed E-state index contributed by atoms with van der Waals surface area (Å²) in [6.07, 6.45) is 5.89. The minimum atomic E-state index is 1.03. The Morgan fingerprint density at radius 2 is 2.12 bits per heavy atom. The fourth-order valence-corrected chi connectivity index (χ4v) is 1.70. The Kier molecular flexibility index (Phi) is 1.93. The molecule has 0 aromatic heterocycles. The highest BCUT2D eigenvalue weighted by molar-refractivity contribution is 4.70. The molecule has 1 aliphatic carbocycles. The molecule has 0 spiro atoms. The third kappa shape index (κ3) is 1.24. The summed E-state index contributed by atoms with van der Waals surface area (Å²) in [6.45, 7) is 4.68. The third-order valence-corrected chi connectivity index (χ3v) is 2.38. The molecule has 48 valence electrons. The Balaban J connectivity index is 2.22. The molecule has 0 radical (unpaired) electrons. The summed E-state index contributed by atoms with van der Waals surface area (Å²) in [5.41, 5.74) is 0. The monoisotopic (exact) mass is 112 g/mol. The van der Waals surface area contributed by atoms with Crippen molar-refractivity contribution in [2.45, 2.75) is 39.5 Å². The standard InChI is InChI=1S/C8H16/c1-3-8-5-4-7(2)6-8/h7-8H,3-6H2,1-2H3/t7-,8?/m0/s1. The molecule has 1 fully saturated rings. The molecule has 0 saturated heterocycles. The second-order valence-corrected chi connectivity index (χ2v) is 3.19. The van der Waals surface area contributed by atoms with Gasteiger partial charge < -0.3 is 0 Å². The van der Waals surface area contributed by atoms with Crippen molar-refractivity contribution >= 4 is 0 Å². The SMILES string of the molecule is CCC1CC[C@H](C)C1. The topological polar surface area (TPSA) is 0 Å². The zero-order chi connectivity index (χ0) is 5.98. The van der Waals surface area contributed by atoms with Gasteiger partial charge in [0.25, 0.3) is 0 Å². The van der Waals surface area contributed by atoms with Crippen LogP contribution < -0.4 is 0 Å². The Bertz CT molecular complexity index is 66.4. The van der Waals surface area contributed by atoms with Gasteiger partial charge in [-0.15, -0.1) is 0 Å². The van der Waals surface area contributed by atoms with Gasteiger partial charge in [-0.25, -0.2) is 0 Å². The van der Waals surface area contributed by atoms with E-state index in [1.165, 1.54) is 25.7 Å². The van der Waals surface area contributed by atoms with E-state index in [-0.39, 0.29) is 0 Å². The van der Waals surface area contributed by atoms with E-state index in [1.54, 1.807) is 0 Å². The lowest BCUT2D eigenvalue weighted by atomic mass is 10.0. The van der Waals surface area contributed by atoms with Crippen molar-refractivity contribution in [1.82, 2.24) is 0 Å². The minimum absolute atomic E-state index is 1.03. The average Bonchev–Trinajstić information content (AvgIpc) is 2.14. The van der Waals surface area contributed by atoms with E-state index in [0.717, 1.165) is 11.8 Å². The molecule has 2 atom stereocenters. The molecule has 0 amide bonds.